The number of amides is 2. The van der Waals surface area contributed by atoms with E-state index in [-0.39, 0.29) is 17.6 Å². The molecule has 0 bridgehead atoms. The lowest BCUT2D eigenvalue weighted by Gasteiger charge is -2.07. The smallest absolute Gasteiger partial charge is 0.255 e. The molecular formula is C18H17N5O2S. The Balaban J connectivity index is 1.53. The summed E-state index contributed by atoms with van der Waals surface area (Å²) < 4.78 is 1.75. The molecule has 132 valence electrons. The summed E-state index contributed by atoms with van der Waals surface area (Å²) in [5.74, 6) is -0.130. The number of carbonyl (C=O) groups is 2. The van der Waals surface area contributed by atoms with E-state index in [1.165, 1.54) is 11.8 Å². The number of thioether (sulfide) groups is 1. The van der Waals surface area contributed by atoms with Gasteiger partial charge in [-0.1, -0.05) is 30.0 Å². The molecule has 2 amide bonds. The lowest BCUT2D eigenvalue weighted by atomic mass is 10.2. The molecule has 1 heterocycles. The summed E-state index contributed by atoms with van der Waals surface area (Å²) in [6.07, 6.45) is 1.58. The normalized spacial score (nSPS) is 10.3. The summed E-state index contributed by atoms with van der Waals surface area (Å²) in [6, 6.07) is 16.0. The quantitative estimate of drug-likeness (QED) is 0.654. The third-order valence-corrected chi connectivity index (χ3v) is 4.50. The van der Waals surface area contributed by atoms with Crippen LogP contribution in [0.25, 0.3) is 0 Å². The summed E-state index contributed by atoms with van der Waals surface area (Å²) in [5.41, 5.74) is 1.88. The van der Waals surface area contributed by atoms with E-state index in [1.807, 2.05) is 37.4 Å². The van der Waals surface area contributed by atoms with Gasteiger partial charge in [-0.15, -0.1) is 10.2 Å². The van der Waals surface area contributed by atoms with Crippen molar-refractivity contribution >= 4 is 35.0 Å². The van der Waals surface area contributed by atoms with E-state index in [9.17, 15) is 9.59 Å². The minimum absolute atomic E-state index is 0.153. The van der Waals surface area contributed by atoms with Gasteiger partial charge in [0.05, 0.1) is 5.75 Å². The molecule has 0 saturated carbocycles. The molecule has 8 heteroatoms. The molecule has 3 aromatic rings. The van der Waals surface area contributed by atoms with Crippen molar-refractivity contribution in [3.63, 3.8) is 0 Å². The molecule has 3 rings (SSSR count). The second-order valence-electron chi connectivity index (χ2n) is 5.46. The van der Waals surface area contributed by atoms with Gasteiger partial charge in [0.1, 0.15) is 6.33 Å². The lowest BCUT2D eigenvalue weighted by Crippen LogP contribution is -2.15. The molecule has 0 saturated heterocycles. The Morgan fingerprint density at radius 3 is 2.35 bits per heavy atom. The molecule has 0 radical (unpaired) electrons. The van der Waals surface area contributed by atoms with Crippen LogP contribution in [0.1, 0.15) is 10.4 Å². The summed E-state index contributed by atoms with van der Waals surface area (Å²) in [7, 11) is 1.82. The highest BCUT2D eigenvalue weighted by Gasteiger charge is 2.09. The molecule has 0 unspecified atom stereocenters. The molecule has 0 aliphatic carbocycles. The number of carbonyl (C=O) groups excluding carboxylic acids is 2. The van der Waals surface area contributed by atoms with E-state index in [4.69, 9.17) is 0 Å². The molecule has 0 spiro atoms. The number of rotatable bonds is 6. The van der Waals surface area contributed by atoms with Crippen LogP contribution in [0.5, 0.6) is 0 Å². The third kappa shape index (κ3) is 4.70. The van der Waals surface area contributed by atoms with Crippen molar-refractivity contribution in [2.45, 2.75) is 5.16 Å². The second kappa shape index (κ2) is 8.30. The Labute approximate surface area is 154 Å². The van der Waals surface area contributed by atoms with Crippen molar-refractivity contribution in [1.29, 1.82) is 0 Å². The zero-order valence-electron chi connectivity index (χ0n) is 14.0. The number of hydrogen-bond acceptors (Lipinski definition) is 5. The van der Waals surface area contributed by atoms with Crippen LogP contribution in [0.2, 0.25) is 0 Å². The van der Waals surface area contributed by atoms with E-state index in [0.717, 1.165) is 5.69 Å². The monoisotopic (exact) mass is 367 g/mol. The maximum absolute atomic E-state index is 12.2. The molecule has 2 N–H and O–H groups in total. The summed E-state index contributed by atoms with van der Waals surface area (Å²) in [5, 5.41) is 14.0. The molecule has 0 fully saturated rings. The van der Waals surface area contributed by atoms with Crippen LogP contribution in [0.15, 0.2) is 66.1 Å². The summed E-state index contributed by atoms with van der Waals surface area (Å²) in [4.78, 5) is 24.2. The number of hydrogen-bond donors (Lipinski definition) is 2. The molecule has 0 aliphatic rings. The third-order valence-electron chi connectivity index (χ3n) is 3.46. The minimum Gasteiger partial charge on any atom is -0.325 e. The summed E-state index contributed by atoms with van der Waals surface area (Å²) >= 11 is 1.30. The first-order valence-electron chi connectivity index (χ1n) is 7.85. The summed E-state index contributed by atoms with van der Waals surface area (Å²) in [6.45, 7) is 0. The Kier molecular flexibility index (Phi) is 5.65. The first-order chi connectivity index (χ1) is 12.6. The zero-order valence-corrected chi connectivity index (χ0v) is 14.9. The van der Waals surface area contributed by atoms with E-state index in [0.29, 0.717) is 16.4 Å². The standard InChI is InChI=1S/C18H17N5O2S/c1-23-12-19-22-18(23)26-11-16(24)20-15-9-7-13(8-10-15)17(25)21-14-5-3-2-4-6-14/h2-10,12H,11H2,1H3,(H,20,24)(H,21,25). The Hall–Kier alpha value is -3.13. The SMILES string of the molecule is Cn1cnnc1SCC(=O)Nc1ccc(C(=O)Nc2ccccc2)cc1. The molecule has 7 nitrogen and oxygen atoms in total. The topological polar surface area (TPSA) is 88.9 Å². The number of anilines is 2. The van der Waals surface area contributed by atoms with Gasteiger partial charge in [0.2, 0.25) is 5.91 Å². The largest absolute Gasteiger partial charge is 0.325 e. The first kappa shape index (κ1) is 17.7. The highest BCUT2D eigenvalue weighted by Crippen LogP contribution is 2.15. The van der Waals surface area contributed by atoms with Crippen molar-refractivity contribution in [2.24, 2.45) is 7.05 Å². The van der Waals surface area contributed by atoms with Crippen LogP contribution in [0.3, 0.4) is 0 Å². The maximum Gasteiger partial charge on any atom is 0.255 e. The van der Waals surface area contributed by atoms with Gasteiger partial charge in [0.15, 0.2) is 5.16 Å². The van der Waals surface area contributed by atoms with Gasteiger partial charge >= 0.3 is 0 Å². The Morgan fingerprint density at radius 1 is 1.00 bits per heavy atom. The van der Waals surface area contributed by atoms with Gasteiger partial charge < -0.3 is 15.2 Å². The molecule has 26 heavy (non-hydrogen) atoms. The minimum atomic E-state index is -0.202. The van der Waals surface area contributed by atoms with Crippen molar-refractivity contribution in [3.8, 4) is 0 Å². The first-order valence-corrected chi connectivity index (χ1v) is 8.83. The van der Waals surface area contributed by atoms with Crippen LogP contribution < -0.4 is 10.6 Å². The molecular weight excluding hydrogens is 350 g/mol. The van der Waals surface area contributed by atoms with Crippen molar-refractivity contribution in [1.82, 2.24) is 14.8 Å². The zero-order chi connectivity index (χ0) is 18.4. The number of aromatic nitrogens is 3. The number of nitrogens with one attached hydrogen (secondary N) is 2. The lowest BCUT2D eigenvalue weighted by molar-refractivity contribution is -0.113. The average molecular weight is 367 g/mol. The van der Waals surface area contributed by atoms with Gasteiger partial charge in [-0.3, -0.25) is 9.59 Å². The highest BCUT2D eigenvalue weighted by molar-refractivity contribution is 7.99. The molecule has 0 atom stereocenters. The van der Waals surface area contributed by atoms with Gasteiger partial charge in [-0.25, -0.2) is 0 Å². The molecule has 1 aromatic heterocycles. The fraction of sp³-hybridized carbons (Fsp3) is 0.111. The number of benzene rings is 2. The van der Waals surface area contributed by atoms with Gasteiger partial charge in [-0.2, -0.15) is 0 Å². The Morgan fingerprint density at radius 2 is 1.69 bits per heavy atom. The van der Waals surface area contributed by atoms with Gasteiger partial charge in [-0.05, 0) is 36.4 Å². The highest BCUT2D eigenvalue weighted by atomic mass is 32.2. The van der Waals surface area contributed by atoms with E-state index in [2.05, 4.69) is 20.8 Å². The van der Waals surface area contributed by atoms with Crippen molar-refractivity contribution in [3.05, 3.63) is 66.5 Å². The van der Waals surface area contributed by atoms with Crippen LogP contribution in [-0.2, 0) is 11.8 Å². The van der Waals surface area contributed by atoms with Crippen LogP contribution >= 0.6 is 11.8 Å². The van der Waals surface area contributed by atoms with E-state index in [1.54, 1.807) is 35.2 Å². The van der Waals surface area contributed by atoms with Crippen LogP contribution in [0.4, 0.5) is 11.4 Å². The number of para-hydroxylation sites is 1. The fourth-order valence-corrected chi connectivity index (χ4v) is 2.85. The van der Waals surface area contributed by atoms with Gasteiger partial charge in [0, 0.05) is 24.0 Å². The van der Waals surface area contributed by atoms with Crippen LogP contribution in [0, 0.1) is 0 Å². The Bertz CT molecular complexity index is 893. The number of nitrogens with zero attached hydrogens (tertiary/aromatic N) is 3. The van der Waals surface area contributed by atoms with E-state index >= 15 is 0 Å². The molecule has 2 aromatic carbocycles. The van der Waals surface area contributed by atoms with E-state index < -0.39 is 0 Å². The fourth-order valence-electron chi connectivity index (χ4n) is 2.16. The van der Waals surface area contributed by atoms with Crippen molar-refractivity contribution in [2.75, 3.05) is 16.4 Å². The predicted octanol–water partition coefficient (Wildman–Crippen LogP) is 2.80. The maximum atomic E-state index is 12.2. The second-order valence-corrected chi connectivity index (χ2v) is 6.40. The average Bonchev–Trinajstić information content (AvgIpc) is 3.06. The predicted molar refractivity (Wildman–Crippen MR) is 101 cm³/mol. The van der Waals surface area contributed by atoms with Gasteiger partial charge in [0.25, 0.3) is 5.91 Å². The van der Waals surface area contributed by atoms with Crippen molar-refractivity contribution < 1.29 is 9.59 Å². The molecule has 0 aliphatic heterocycles. The number of aryl methyl sites for hydroxylation is 1. The van der Waals surface area contributed by atoms with Crippen LogP contribution in [-0.4, -0.2) is 32.3 Å².